The van der Waals surface area contributed by atoms with Gasteiger partial charge in [0, 0.05) is 12.6 Å². The van der Waals surface area contributed by atoms with Crippen LogP contribution in [0.4, 0.5) is 13.2 Å². The van der Waals surface area contributed by atoms with Crippen molar-refractivity contribution in [3.63, 3.8) is 0 Å². The maximum Gasteiger partial charge on any atom is 0.416 e. The molecule has 0 amide bonds. The lowest BCUT2D eigenvalue weighted by Crippen LogP contribution is -2.24. The molecule has 0 unspecified atom stereocenters. The second-order valence-corrected chi connectivity index (χ2v) is 6.23. The van der Waals surface area contributed by atoms with Crippen molar-refractivity contribution in [1.29, 1.82) is 0 Å². The molecule has 2 aromatic carbocycles. The summed E-state index contributed by atoms with van der Waals surface area (Å²) in [5.74, 6) is 0.233. The van der Waals surface area contributed by atoms with Gasteiger partial charge in [-0.1, -0.05) is 23.7 Å². The summed E-state index contributed by atoms with van der Waals surface area (Å²) in [6.45, 7) is 1.37. The van der Waals surface area contributed by atoms with E-state index in [1.54, 1.807) is 18.2 Å². The van der Waals surface area contributed by atoms with Gasteiger partial charge in [-0.2, -0.15) is 22.5 Å². The number of hydrogen-bond donors (Lipinski definition) is 0. The number of aryl methyl sites for hydroxylation is 2. The van der Waals surface area contributed by atoms with E-state index in [-0.39, 0.29) is 22.0 Å². The zero-order valence-electron chi connectivity index (χ0n) is 14.3. The van der Waals surface area contributed by atoms with E-state index < -0.39 is 24.0 Å². The topological polar surface area (TPSA) is 61.9 Å². The number of rotatable bonds is 4. The van der Waals surface area contributed by atoms with E-state index in [1.165, 1.54) is 19.2 Å². The van der Waals surface area contributed by atoms with Crippen molar-refractivity contribution in [2.24, 2.45) is 7.05 Å². The number of tetrazole rings is 1. The average molecular weight is 399 g/mol. The van der Waals surface area contributed by atoms with Gasteiger partial charge in [0.05, 0.1) is 16.3 Å². The smallest absolute Gasteiger partial charge is 0.416 e. The lowest BCUT2D eigenvalue weighted by molar-refractivity contribution is -0.138. The molecule has 0 atom stereocenters. The predicted octanol–water partition coefficient (Wildman–Crippen LogP) is 3.53. The van der Waals surface area contributed by atoms with Crippen LogP contribution < -0.4 is 10.4 Å². The summed E-state index contributed by atoms with van der Waals surface area (Å²) < 4.78 is 47.7. The number of nitrogens with zero attached hydrogens (tertiary/aromatic N) is 4. The Morgan fingerprint density at radius 1 is 1.19 bits per heavy atom. The van der Waals surface area contributed by atoms with E-state index in [0.29, 0.717) is 0 Å². The van der Waals surface area contributed by atoms with Crippen LogP contribution in [0.3, 0.4) is 0 Å². The minimum Gasteiger partial charge on any atom is -0.487 e. The molecule has 1 aromatic heterocycles. The SMILES string of the molecule is Cc1ccc(OCc2c(-n3nnn(C)c3=O)cccc2C(F)(F)F)c(Cl)c1. The number of hydrogen-bond acceptors (Lipinski definition) is 4. The summed E-state index contributed by atoms with van der Waals surface area (Å²) in [6, 6.07) is 8.40. The average Bonchev–Trinajstić information content (AvgIpc) is 2.92. The molecular formula is C17H14ClF3N4O2. The Kier molecular flexibility index (Phi) is 4.97. The van der Waals surface area contributed by atoms with Crippen molar-refractivity contribution in [3.05, 3.63) is 68.6 Å². The molecule has 1 heterocycles. The number of benzene rings is 2. The van der Waals surface area contributed by atoms with E-state index in [0.717, 1.165) is 21.0 Å². The Morgan fingerprint density at radius 3 is 2.52 bits per heavy atom. The standard InChI is InChI=1S/C17H14ClF3N4O2/c1-10-6-7-15(13(18)8-10)27-9-11-12(17(19,20)21)4-3-5-14(11)25-16(26)24(2)22-23-25/h3-8H,9H2,1-2H3. The van der Waals surface area contributed by atoms with Crippen molar-refractivity contribution in [2.75, 3.05) is 0 Å². The van der Waals surface area contributed by atoms with E-state index >= 15 is 0 Å². The Hall–Kier alpha value is -2.81. The predicted molar refractivity (Wildman–Crippen MR) is 92.1 cm³/mol. The molecule has 6 nitrogen and oxygen atoms in total. The highest BCUT2D eigenvalue weighted by molar-refractivity contribution is 6.32. The molecule has 3 aromatic rings. The summed E-state index contributed by atoms with van der Waals surface area (Å²) in [6.07, 6.45) is -4.64. The third-order valence-electron chi connectivity index (χ3n) is 3.87. The van der Waals surface area contributed by atoms with Gasteiger partial charge < -0.3 is 4.74 Å². The molecule has 0 aliphatic rings. The molecule has 0 bridgehead atoms. The van der Waals surface area contributed by atoms with Gasteiger partial charge >= 0.3 is 11.9 Å². The molecule has 0 aliphatic heterocycles. The molecule has 3 rings (SSSR count). The van der Waals surface area contributed by atoms with Crippen LogP contribution in [0.2, 0.25) is 5.02 Å². The Bertz CT molecular complexity index is 1040. The van der Waals surface area contributed by atoms with Crippen LogP contribution in [0.25, 0.3) is 5.69 Å². The minimum atomic E-state index is -4.64. The number of alkyl halides is 3. The highest BCUT2D eigenvalue weighted by Crippen LogP contribution is 2.35. The summed E-state index contributed by atoms with van der Waals surface area (Å²) in [5.41, 5.74) is -1.03. The summed E-state index contributed by atoms with van der Waals surface area (Å²) in [4.78, 5) is 12.1. The number of ether oxygens (including phenoxy) is 1. The van der Waals surface area contributed by atoms with Crippen LogP contribution in [0, 0.1) is 6.92 Å². The van der Waals surface area contributed by atoms with Crippen molar-refractivity contribution in [1.82, 2.24) is 19.8 Å². The normalized spacial score (nSPS) is 11.6. The molecule has 142 valence electrons. The lowest BCUT2D eigenvalue weighted by atomic mass is 10.1. The van der Waals surface area contributed by atoms with Gasteiger partial charge in [-0.05, 0) is 47.2 Å². The Morgan fingerprint density at radius 2 is 1.93 bits per heavy atom. The molecule has 0 saturated carbocycles. The maximum atomic E-state index is 13.5. The molecule has 0 radical (unpaired) electrons. The van der Waals surface area contributed by atoms with Crippen LogP contribution in [0.5, 0.6) is 5.75 Å². The molecular weight excluding hydrogens is 385 g/mol. The molecule has 0 aliphatic carbocycles. The van der Waals surface area contributed by atoms with Crippen molar-refractivity contribution in [2.45, 2.75) is 19.7 Å². The first-order valence-electron chi connectivity index (χ1n) is 7.76. The molecule has 0 N–H and O–H groups in total. The van der Waals surface area contributed by atoms with Crippen LogP contribution in [-0.2, 0) is 19.8 Å². The Balaban J connectivity index is 2.08. The highest BCUT2D eigenvalue weighted by Gasteiger charge is 2.35. The molecule has 27 heavy (non-hydrogen) atoms. The van der Waals surface area contributed by atoms with Crippen molar-refractivity contribution < 1.29 is 17.9 Å². The van der Waals surface area contributed by atoms with Crippen LogP contribution in [0.15, 0.2) is 41.2 Å². The third-order valence-corrected chi connectivity index (χ3v) is 4.16. The quantitative estimate of drug-likeness (QED) is 0.674. The summed E-state index contributed by atoms with van der Waals surface area (Å²) in [7, 11) is 1.35. The van der Waals surface area contributed by atoms with Gasteiger partial charge in [0.2, 0.25) is 0 Å². The number of aromatic nitrogens is 4. The maximum absolute atomic E-state index is 13.5. The van der Waals surface area contributed by atoms with E-state index in [2.05, 4.69) is 10.4 Å². The zero-order chi connectivity index (χ0) is 19.8. The first kappa shape index (κ1) is 19.0. The molecule has 0 fully saturated rings. The fraction of sp³-hybridized carbons (Fsp3) is 0.235. The third kappa shape index (κ3) is 3.82. The van der Waals surface area contributed by atoms with Gasteiger partial charge in [-0.25, -0.2) is 4.79 Å². The lowest BCUT2D eigenvalue weighted by Gasteiger charge is -2.17. The largest absolute Gasteiger partial charge is 0.487 e. The van der Waals surface area contributed by atoms with Gasteiger partial charge in [0.1, 0.15) is 12.4 Å². The van der Waals surface area contributed by atoms with Gasteiger partial charge in [0.25, 0.3) is 0 Å². The highest BCUT2D eigenvalue weighted by atomic mass is 35.5. The second kappa shape index (κ2) is 7.07. The number of halogens is 4. The molecule has 0 saturated heterocycles. The monoisotopic (exact) mass is 398 g/mol. The van der Waals surface area contributed by atoms with Crippen LogP contribution in [0.1, 0.15) is 16.7 Å². The van der Waals surface area contributed by atoms with E-state index in [9.17, 15) is 18.0 Å². The zero-order valence-corrected chi connectivity index (χ0v) is 15.0. The second-order valence-electron chi connectivity index (χ2n) is 5.82. The van der Waals surface area contributed by atoms with Gasteiger partial charge in [-0.15, -0.1) is 0 Å². The van der Waals surface area contributed by atoms with Gasteiger partial charge in [0.15, 0.2) is 0 Å². The first-order chi connectivity index (χ1) is 12.7. The molecule has 0 spiro atoms. The fourth-order valence-electron chi connectivity index (χ4n) is 2.53. The van der Waals surface area contributed by atoms with Crippen LogP contribution in [-0.4, -0.2) is 19.8 Å². The van der Waals surface area contributed by atoms with Crippen molar-refractivity contribution in [3.8, 4) is 11.4 Å². The Labute approximate surface area is 156 Å². The minimum absolute atomic E-state index is 0.0637. The van der Waals surface area contributed by atoms with Gasteiger partial charge in [-0.3, -0.25) is 0 Å². The first-order valence-corrected chi connectivity index (χ1v) is 8.13. The van der Waals surface area contributed by atoms with Crippen LogP contribution >= 0.6 is 11.6 Å². The summed E-state index contributed by atoms with van der Waals surface area (Å²) >= 11 is 6.08. The van der Waals surface area contributed by atoms with E-state index in [1.807, 2.05) is 6.92 Å². The van der Waals surface area contributed by atoms with E-state index in [4.69, 9.17) is 16.3 Å². The molecule has 10 heteroatoms. The fourth-order valence-corrected chi connectivity index (χ4v) is 2.82. The van der Waals surface area contributed by atoms with Crippen molar-refractivity contribution >= 4 is 11.6 Å². The summed E-state index contributed by atoms with van der Waals surface area (Å²) in [5, 5.41) is 7.44.